The Morgan fingerprint density at radius 2 is 2.35 bits per heavy atom. The first-order chi connectivity index (χ1) is 9.67. The van der Waals surface area contributed by atoms with Crippen LogP contribution in [0, 0.1) is 0 Å². The minimum absolute atomic E-state index is 0.0374. The highest BCUT2D eigenvalue weighted by atomic mass is 79.9. The number of hydrogen-bond donors (Lipinski definition) is 1. The summed E-state index contributed by atoms with van der Waals surface area (Å²) in [7, 11) is 0. The number of hydrogen-bond acceptors (Lipinski definition) is 3. The first-order valence-electron chi connectivity index (χ1n) is 6.38. The van der Waals surface area contributed by atoms with Crippen molar-refractivity contribution in [3.8, 4) is 5.75 Å². The van der Waals surface area contributed by atoms with Crippen LogP contribution < -0.4 is 10.1 Å². The molecule has 0 aliphatic heterocycles. The molecule has 1 amide bonds. The largest absolute Gasteiger partial charge is 0.480 e. The van der Waals surface area contributed by atoms with E-state index in [1.807, 2.05) is 24.3 Å². The van der Waals surface area contributed by atoms with Crippen LogP contribution >= 0.6 is 15.9 Å². The lowest BCUT2D eigenvalue weighted by atomic mass is 10.3. The van der Waals surface area contributed by atoms with Crippen molar-refractivity contribution in [2.75, 3.05) is 11.9 Å². The summed E-state index contributed by atoms with van der Waals surface area (Å²) < 4.78 is 8.10. The molecule has 0 saturated heterocycles. The standard InChI is InChI=1S/C14H16BrN3O2/c1-2-6-18-9-13(8-16-18)20-10-14(19)17-12-5-3-4-11(15)7-12/h3-5,7-9H,2,6,10H2,1H3,(H,17,19). The number of amides is 1. The lowest BCUT2D eigenvalue weighted by Crippen LogP contribution is -2.19. The van der Waals surface area contributed by atoms with E-state index in [2.05, 4.69) is 33.3 Å². The maximum absolute atomic E-state index is 11.8. The van der Waals surface area contributed by atoms with Crippen molar-refractivity contribution in [1.82, 2.24) is 9.78 Å². The summed E-state index contributed by atoms with van der Waals surface area (Å²) in [6.07, 6.45) is 4.41. The van der Waals surface area contributed by atoms with Crippen LogP contribution in [-0.4, -0.2) is 22.3 Å². The van der Waals surface area contributed by atoms with Crippen LogP contribution in [0.1, 0.15) is 13.3 Å². The first-order valence-corrected chi connectivity index (χ1v) is 7.17. The van der Waals surface area contributed by atoms with Gasteiger partial charge in [0.15, 0.2) is 12.4 Å². The molecule has 2 aromatic rings. The number of benzene rings is 1. The number of aryl methyl sites for hydroxylation is 1. The predicted molar refractivity (Wildman–Crippen MR) is 80.8 cm³/mol. The van der Waals surface area contributed by atoms with Gasteiger partial charge < -0.3 is 10.1 Å². The van der Waals surface area contributed by atoms with E-state index in [1.165, 1.54) is 0 Å². The zero-order valence-corrected chi connectivity index (χ0v) is 12.8. The first kappa shape index (κ1) is 14.6. The smallest absolute Gasteiger partial charge is 0.262 e. The Morgan fingerprint density at radius 3 is 3.10 bits per heavy atom. The normalized spacial score (nSPS) is 10.3. The predicted octanol–water partition coefficient (Wildman–Crippen LogP) is 3.07. The van der Waals surface area contributed by atoms with Gasteiger partial charge in [-0.2, -0.15) is 5.10 Å². The number of nitrogens with zero attached hydrogens (tertiary/aromatic N) is 2. The Kier molecular flexibility index (Phi) is 5.17. The zero-order valence-electron chi connectivity index (χ0n) is 11.2. The number of nitrogens with one attached hydrogen (secondary N) is 1. The van der Waals surface area contributed by atoms with Crippen molar-refractivity contribution in [3.63, 3.8) is 0 Å². The molecule has 6 heteroatoms. The second-order valence-corrected chi connectivity index (χ2v) is 5.20. The van der Waals surface area contributed by atoms with Crippen molar-refractivity contribution < 1.29 is 9.53 Å². The number of halogens is 1. The average Bonchev–Trinajstić information content (AvgIpc) is 2.85. The maximum atomic E-state index is 11.8. The second-order valence-electron chi connectivity index (χ2n) is 4.29. The van der Waals surface area contributed by atoms with Crippen molar-refractivity contribution >= 4 is 27.5 Å². The molecule has 1 aromatic carbocycles. The number of rotatable bonds is 6. The molecule has 1 heterocycles. The molecule has 5 nitrogen and oxygen atoms in total. The van der Waals surface area contributed by atoms with E-state index in [9.17, 15) is 4.79 Å². The molecule has 0 spiro atoms. The van der Waals surface area contributed by atoms with Crippen LogP contribution in [0.25, 0.3) is 0 Å². The molecule has 0 atom stereocenters. The summed E-state index contributed by atoms with van der Waals surface area (Å²) in [5, 5.41) is 6.90. The van der Waals surface area contributed by atoms with Crippen LogP contribution in [0.4, 0.5) is 5.69 Å². The van der Waals surface area contributed by atoms with Crippen molar-refractivity contribution in [2.24, 2.45) is 0 Å². The molecular formula is C14H16BrN3O2. The van der Waals surface area contributed by atoms with Crippen LogP contribution in [-0.2, 0) is 11.3 Å². The van der Waals surface area contributed by atoms with Crippen LogP contribution in [0.3, 0.4) is 0 Å². The number of anilines is 1. The molecule has 0 aliphatic carbocycles. The van der Waals surface area contributed by atoms with Crippen LogP contribution in [0.5, 0.6) is 5.75 Å². The summed E-state index contributed by atoms with van der Waals surface area (Å²) in [5.74, 6) is 0.397. The zero-order chi connectivity index (χ0) is 14.4. The SMILES string of the molecule is CCCn1cc(OCC(=O)Nc2cccc(Br)c2)cn1. The van der Waals surface area contributed by atoms with Crippen molar-refractivity contribution in [2.45, 2.75) is 19.9 Å². The highest BCUT2D eigenvalue weighted by molar-refractivity contribution is 9.10. The highest BCUT2D eigenvalue weighted by Crippen LogP contribution is 2.15. The Morgan fingerprint density at radius 1 is 1.50 bits per heavy atom. The lowest BCUT2D eigenvalue weighted by Gasteiger charge is -2.06. The molecule has 106 valence electrons. The number of aromatic nitrogens is 2. The van der Waals surface area contributed by atoms with E-state index in [4.69, 9.17) is 4.74 Å². The van der Waals surface area contributed by atoms with Gasteiger partial charge in [-0.1, -0.05) is 28.9 Å². The topological polar surface area (TPSA) is 56.1 Å². The quantitative estimate of drug-likeness (QED) is 0.881. The van der Waals surface area contributed by atoms with E-state index in [0.717, 1.165) is 23.1 Å². The maximum Gasteiger partial charge on any atom is 0.262 e. The third-order valence-corrected chi connectivity index (χ3v) is 3.03. The van der Waals surface area contributed by atoms with Crippen molar-refractivity contribution in [3.05, 3.63) is 41.1 Å². The monoisotopic (exact) mass is 337 g/mol. The van der Waals surface area contributed by atoms with E-state index in [-0.39, 0.29) is 12.5 Å². The second kappa shape index (κ2) is 7.09. The molecule has 0 aliphatic rings. The van der Waals surface area contributed by atoms with Gasteiger partial charge in [-0.3, -0.25) is 9.48 Å². The lowest BCUT2D eigenvalue weighted by molar-refractivity contribution is -0.118. The highest BCUT2D eigenvalue weighted by Gasteiger charge is 2.05. The van der Waals surface area contributed by atoms with E-state index < -0.39 is 0 Å². The van der Waals surface area contributed by atoms with Gasteiger partial charge in [-0.25, -0.2) is 0 Å². The summed E-state index contributed by atoms with van der Waals surface area (Å²) in [6.45, 7) is 2.88. The summed E-state index contributed by atoms with van der Waals surface area (Å²) in [4.78, 5) is 11.8. The minimum Gasteiger partial charge on any atom is -0.480 e. The van der Waals surface area contributed by atoms with Gasteiger partial charge in [0.25, 0.3) is 5.91 Å². The van der Waals surface area contributed by atoms with E-state index in [1.54, 1.807) is 17.1 Å². The van der Waals surface area contributed by atoms with Crippen molar-refractivity contribution in [1.29, 1.82) is 0 Å². The average molecular weight is 338 g/mol. The Labute approximate surface area is 126 Å². The van der Waals surface area contributed by atoms with Gasteiger partial charge in [0.1, 0.15) is 0 Å². The van der Waals surface area contributed by atoms with Gasteiger partial charge in [0, 0.05) is 16.7 Å². The molecule has 0 fully saturated rings. The molecule has 1 aromatic heterocycles. The fraction of sp³-hybridized carbons (Fsp3) is 0.286. The minimum atomic E-state index is -0.202. The fourth-order valence-corrected chi connectivity index (χ4v) is 2.08. The summed E-state index contributed by atoms with van der Waals surface area (Å²) in [5.41, 5.74) is 0.731. The third-order valence-electron chi connectivity index (χ3n) is 2.54. The molecular weight excluding hydrogens is 322 g/mol. The number of carbonyl (C=O) groups is 1. The molecule has 0 saturated carbocycles. The Balaban J connectivity index is 1.82. The molecule has 20 heavy (non-hydrogen) atoms. The van der Waals surface area contributed by atoms with Gasteiger partial charge in [-0.15, -0.1) is 0 Å². The summed E-state index contributed by atoms with van der Waals surface area (Å²) in [6, 6.07) is 7.41. The van der Waals surface area contributed by atoms with Gasteiger partial charge >= 0.3 is 0 Å². The Bertz CT molecular complexity index is 583. The van der Waals surface area contributed by atoms with Crippen LogP contribution in [0.2, 0.25) is 0 Å². The Hall–Kier alpha value is -1.82. The van der Waals surface area contributed by atoms with Gasteiger partial charge in [0.2, 0.25) is 0 Å². The van der Waals surface area contributed by atoms with Gasteiger partial charge in [0.05, 0.1) is 12.4 Å². The van der Waals surface area contributed by atoms with E-state index in [0.29, 0.717) is 5.75 Å². The summed E-state index contributed by atoms with van der Waals surface area (Å²) >= 11 is 3.35. The molecule has 2 rings (SSSR count). The fourth-order valence-electron chi connectivity index (χ4n) is 1.68. The third kappa shape index (κ3) is 4.38. The number of ether oxygens (including phenoxy) is 1. The van der Waals surface area contributed by atoms with Crippen LogP contribution in [0.15, 0.2) is 41.1 Å². The molecule has 1 N–H and O–H groups in total. The molecule has 0 radical (unpaired) electrons. The number of carbonyl (C=O) groups excluding carboxylic acids is 1. The molecule has 0 bridgehead atoms. The molecule has 0 unspecified atom stereocenters. The van der Waals surface area contributed by atoms with Gasteiger partial charge in [-0.05, 0) is 24.6 Å². The van der Waals surface area contributed by atoms with E-state index >= 15 is 0 Å².